The van der Waals surface area contributed by atoms with Gasteiger partial charge in [-0.2, -0.15) is 0 Å². The Morgan fingerprint density at radius 1 is 1.35 bits per heavy atom. The lowest BCUT2D eigenvalue weighted by Crippen LogP contribution is -2.66. The van der Waals surface area contributed by atoms with Gasteiger partial charge in [0.25, 0.3) is 5.91 Å². The van der Waals surface area contributed by atoms with Crippen LogP contribution in [0.25, 0.3) is 0 Å². The average molecular weight is 379 g/mol. The summed E-state index contributed by atoms with van der Waals surface area (Å²) in [7, 11) is 0. The molecule has 2 saturated heterocycles. The number of nitrogens with zero attached hydrogens (tertiary/aromatic N) is 3. The maximum absolute atomic E-state index is 12.4. The highest BCUT2D eigenvalue weighted by molar-refractivity contribution is 9.10. The number of halogens is 1. The van der Waals surface area contributed by atoms with Gasteiger partial charge in [0, 0.05) is 30.0 Å². The fraction of sp³-hybridized carbons (Fsp3) is 0.467. The first-order valence-corrected chi connectivity index (χ1v) is 8.61. The van der Waals surface area contributed by atoms with E-state index in [0.717, 1.165) is 28.9 Å². The van der Waals surface area contributed by atoms with Crippen LogP contribution in [0.3, 0.4) is 0 Å². The third kappa shape index (κ3) is 2.76. The molecule has 23 heavy (non-hydrogen) atoms. The summed E-state index contributed by atoms with van der Waals surface area (Å²) in [6.45, 7) is 4.03. The standard InChI is InChI=1S/C15H19BrN6O/c1-9-6-10(16)7-17-13(9)22-8-11-12(20-22)18-15(19-14(11)23)21-4-2-3-5-21/h6-8,12,15,18,20H,2-5H2,1H3,(H,19,23). The second kappa shape index (κ2) is 5.86. The summed E-state index contributed by atoms with van der Waals surface area (Å²) in [4.78, 5) is 19.1. The van der Waals surface area contributed by atoms with Gasteiger partial charge in [-0.15, -0.1) is 0 Å². The predicted octanol–water partition coefficient (Wildman–Crippen LogP) is 0.786. The van der Waals surface area contributed by atoms with Gasteiger partial charge in [-0.05, 0) is 47.3 Å². The van der Waals surface area contributed by atoms with Crippen LogP contribution in [0, 0.1) is 6.92 Å². The number of fused-ring (bicyclic) bond motifs is 1. The fourth-order valence-electron chi connectivity index (χ4n) is 3.29. The monoisotopic (exact) mass is 378 g/mol. The molecule has 4 rings (SSSR count). The van der Waals surface area contributed by atoms with E-state index in [0.29, 0.717) is 5.57 Å². The van der Waals surface area contributed by atoms with Crippen LogP contribution in [0.1, 0.15) is 18.4 Å². The smallest absolute Gasteiger partial charge is 0.254 e. The zero-order valence-electron chi connectivity index (χ0n) is 12.8. The average Bonchev–Trinajstić information content (AvgIpc) is 3.16. The van der Waals surface area contributed by atoms with Gasteiger partial charge in [0.15, 0.2) is 0 Å². The van der Waals surface area contributed by atoms with Gasteiger partial charge in [-0.3, -0.25) is 20.0 Å². The third-order valence-corrected chi connectivity index (χ3v) is 4.89. The summed E-state index contributed by atoms with van der Waals surface area (Å²) in [6, 6.07) is 2.00. The Hall–Kier alpha value is -1.48. The van der Waals surface area contributed by atoms with Crippen LogP contribution in [0.2, 0.25) is 0 Å². The number of aromatic nitrogens is 1. The van der Waals surface area contributed by atoms with E-state index in [1.165, 1.54) is 12.8 Å². The highest BCUT2D eigenvalue weighted by Gasteiger charge is 2.39. The zero-order chi connectivity index (χ0) is 16.0. The van der Waals surface area contributed by atoms with Crippen molar-refractivity contribution in [2.45, 2.75) is 32.2 Å². The number of nitrogens with one attached hydrogen (secondary N) is 3. The number of hydrazine groups is 1. The lowest BCUT2D eigenvalue weighted by molar-refractivity contribution is -0.121. The van der Waals surface area contributed by atoms with E-state index >= 15 is 0 Å². The molecule has 0 radical (unpaired) electrons. The minimum atomic E-state index is -0.195. The molecule has 0 aliphatic carbocycles. The molecule has 2 atom stereocenters. The van der Waals surface area contributed by atoms with E-state index in [9.17, 15) is 4.79 Å². The van der Waals surface area contributed by atoms with Crippen LogP contribution in [0.15, 0.2) is 28.5 Å². The Morgan fingerprint density at radius 3 is 2.87 bits per heavy atom. The number of rotatable bonds is 2. The quantitative estimate of drug-likeness (QED) is 0.706. The zero-order valence-corrected chi connectivity index (χ0v) is 14.4. The number of aryl methyl sites for hydroxylation is 1. The molecule has 3 aliphatic rings. The maximum atomic E-state index is 12.4. The van der Waals surface area contributed by atoms with Crippen molar-refractivity contribution in [2.24, 2.45) is 0 Å². The molecule has 7 nitrogen and oxygen atoms in total. The first kappa shape index (κ1) is 15.1. The molecule has 0 spiro atoms. The first-order chi connectivity index (χ1) is 11.1. The number of carbonyl (C=O) groups is 1. The van der Waals surface area contributed by atoms with Crippen LogP contribution in [-0.2, 0) is 4.79 Å². The van der Waals surface area contributed by atoms with Crippen molar-refractivity contribution >= 4 is 27.7 Å². The van der Waals surface area contributed by atoms with Crippen LogP contribution in [-0.4, -0.2) is 41.3 Å². The predicted molar refractivity (Wildman–Crippen MR) is 90.0 cm³/mol. The molecule has 0 saturated carbocycles. The maximum Gasteiger partial charge on any atom is 0.254 e. The molecule has 1 aromatic rings. The SMILES string of the molecule is Cc1cc(Br)cnc1N1C=C2C(=O)NC(N3CCCC3)NC2N1. The largest absolute Gasteiger partial charge is 0.324 e. The minimum absolute atomic E-state index is 0.0320. The molecule has 3 aliphatic heterocycles. The highest BCUT2D eigenvalue weighted by atomic mass is 79.9. The topological polar surface area (TPSA) is 72.5 Å². The number of pyridine rings is 1. The fourth-order valence-corrected chi connectivity index (χ4v) is 3.73. The summed E-state index contributed by atoms with van der Waals surface area (Å²) in [5.41, 5.74) is 5.03. The van der Waals surface area contributed by atoms with Crippen LogP contribution < -0.4 is 21.1 Å². The molecule has 1 amide bonds. The first-order valence-electron chi connectivity index (χ1n) is 7.82. The molecular weight excluding hydrogens is 360 g/mol. The van der Waals surface area contributed by atoms with E-state index in [1.807, 2.05) is 24.2 Å². The molecule has 0 aromatic carbocycles. The van der Waals surface area contributed by atoms with Crippen molar-refractivity contribution in [3.63, 3.8) is 0 Å². The summed E-state index contributed by atoms with van der Waals surface area (Å²) < 4.78 is 0.938. The molecule has 3 N–H and O–H groups in total. The van der Waals surface area contributed by atoms with Gasteiger partial charge in [0.1, 0.15) is 18.3 Å². The van der Waals surface area contributed by atoms with E-state index in [1.54, 1.807) is 6.20 Å². The van der Waals surface area contributed by atoms with E-state index in [2.05, 4.69) is 41.9 Å². The number of carbonyl (C=O) groups excluding carboxylic acids is 1. The summed E-state index contributed by atoms with van der Waals surface area (Å²) in [5.74, 6) is 0.762. The molecule has 122 valence electrons. The summed E-state index contributed by atoms with van der Waals surface area (Å²) in [6.07, 6.45) is 5.63. The molecular formula is C15H19BrN6O. The van der Waals surface area contributed by atoms with Crippen molar-refractivity contribution in [1.82, 2.24) is 25.9 Å². The number of amides is 1. The Balaban J connectivity index is 1.54. The number of hydrogen-bond donors (Lipinski definition) is 3. The molecule has 4 heterocycles. The van der Waals surface area contributed by atoms with Gasteiger partial charge in [0.05, 0.1) is 5.57 Å². The van der Waals surface area contributed by atoms with Crippen LogP contribution >= 0.6 is 15.9 Å². The lowest BCUT2D eigenvalue weighted by Gasteiger charge is -2.36. The second-order valence-corrected chi connectivity index (χ2v) is 7.01. The number of hydrogen-bond acceptors (Lipinski definition) is 6. The number of likely N-dealkylation sites (tertiary alicyclic amines) is 1. The normalized spacial score (nSPS) is 27.8. The van der Waals surface area contributed by atoms with Gasteiger partial charge in [0.2, 0.25) is 0 Å². The van der Waals surface area contributed by atoms with Gasteiger partial charge in [-0.25, -0.2) is 10.4 Å². The van der Waals surface area contributed by atoms with Crippen molar-refractivity contribution in [3.05, 3.63) is 34.1 Å². The van der Waals surface area contributed by atoms with Gasteiger partial charge < -0.3 is 5.32 Å². The molecule has 2 unspecified atom stereocenters. The van der Waals surface area contributed by atoms with Crippen molar-refractivity contribution < 1.29 is 4.79 Å². The highest BCUT2D eigenvalue weighted by Crippen LogP contribution is 2.25. The molecule has 0 bridgehead atoms. The summed E-state index contributed by atoms with van der Waals surface area (Å²) in [5, 5.41) is 8.31. The second-order valence-electron chi connectivity index (χ2n) is 6.10. The van der Waals surface area contributed by atoms with Gasteiger partial charge >= 0.3 is 0 Å². The van der Waals surface area contributed by atoms with Crippen LogP contribution in [0.4, 0.5) is 5.82 Å². The van der Waals surface area contributed by atoms with Crippen LogP contribution in [0.5, 0.6) is 0 Å². The Kier molecular flexibility index (Phi) is 3.84. The molecule has 1 aromatic heterocycles. The Bertz CT molecular complexity index is 672. The van der Waals surface area contributed by atoms with Crippen molar-refractivity contribution in [1.29, 1.82) is 0 Å². The molecule has 8 heteroatoms. The van der Waals surface area contributed by atoms with E-state index in [4.69, 9.17) is 0 Å². The van der Waals surface area contributed by atoms with Crippen molar-refractivity contribution in [2.75, 3.05) is 18.1 Å². The Labute approximate surface area is 143 Å². The van der Waals surface area contributed by atoms with E-state index < -0.39 is 0 Å². The number of anilines is 1. The third-order valence-electron chi connectivity index (χ3n) is 4.45. The Morgan fingerprint density at radius 2 is 2.13 bits per heavy atom. The summed E-state index contributed by atoms with van der Waals surface area (Å²) >= 11 is 3.42. The van der Waals surface area contributed by atoms with E-state index in [-0.39, 0.29) is 18.4 Å². The van der Waals surface area contributed by atoms with Crippen molar-refractivity contribution in [3.8, 4) is 0 Å². The minimum Gasteiger partial charge on any atom is -0.324 e. The van der Waals surface area contributed by atoms with Gasteiger partial charge in [-0.1, -0.05) is 0 Å². The molecule has 2 fully saturated rings. The lowest BCUT2D eigenvalue weighted by atomic mass is 10.2.